The van der Waals surface area contributed by atoms with E-state index in [9.17, 15) is 9.90 Å². The van der Waals surface area contributed by atoms with Crippen molar-refractivity contribution in [3.05, 3.63) is 10.4 Å². The van der Waals surface area contributed by atoms with Gasteiger partial charge in [0.1, 0.15) is 0 Å². The number of aliphatic hydroxyl groups is 1. The van der Waals surface area contributed by atoms with Crippen molar-refractivity contribution in [2.45, 2.75) is 57.1 Å². The maximum Gasteiger partial charge on any atom is 0.220 e. The zero-order valence-electron chi connectivity index (χ0n) is 10.0. The predicted octanol–water partition coefficient (Wildman–Crippen LogP) is 1.89. The summed E-state index contributed by atoms with van der Waals surface area (Å²) in [5.74, 6) is -0.0168. The standard InChI is InChI=1S/C11H20N4O2/c12-15-13-8-4-3-7-11(17)14-9-5-1-2-6-10(9)16/h9-10,16H,1-8H2,(H,14,17)/t9-,10-/m1/s1. The number of nitrogens with one attached hydrogen (secondary N) is 1. The lowest BCUT2D eigenvalue weighted by molar-refractivity contribution is -0.123. The van der Waals surface area contributed by atoms with Crippen LogP contribution in [0.2, 0.25) is 0 Å². The van der Waals surface area contributed by atoms with Gasteiger partial charge in [0.2, 0.25) is 5.91 Å². The molecule has 1 amide bonds. The highest BCUT2D eigenvalue weighted by Gasteiger charge is 2.23. The third kappa shape index (κ3) is 5.56. The lowest BCUT2D eigenvalue weighted by atomic mass is 9.92. The normalized spacial score (nSPS) is 23.8. The molecule has 0 aliphatic heterocycles. The molecule has 0 aromatic carbocycles. The summed E-state index contributed by atoms with van der Waals surface area (Å²) < 4.78 is 0. The molecule has 1 fully saturated rings. The molecular formula is C11H20N4O2. The van der Waals surface area contributed by atoms with Gasteiger partial charge in [-0.05, 0) is 31.2 Å². The molecule has 0 saturated heterocycles. The van der Waals surface area contributed by atoms with E-state index in [0.717, 1.165) is 32.1 Å². The van der Waals surface area contributed by atoms with E-state index in [1.54, 1.807) is 0 Å². The minimum Gasteiger partial charge on any atom is -0.391 e. The molecule has 0 heterocycles. The third-order valence-corrected chi connectivity index (χ3v) is 3.05. The van der Waals surface area contributed by atoms with Crippen LogP contribution in [-0.4, -0.2) is 29.7 Å². The van der Waals surface area contributed by atoms with Gasteiger partial charge in [0, 0.05) is 17.9 Å². The van der Waals surface area contributed by atoms with Crippen molar-refractivity contribution in [3.8, 4) is 0 Å². The fourth-order valence-electron chi connectivity index (χ4n) is 2.07. The first kappa shape index (κ1) is 13.8. The lowest BCUT2D eigenvalue weighted by Gasteiger charge is -2.28. The topological polar surface area (TPSA) is 98.1 Å². The minimum atomic E-state index is -0.393. The molecule has 0 radical (unpaired) electrons. The SMILES string of the molecule is [N-]=[N+]=NCCCCC(=O)N[C@@H]1CCCC[C@H]1O. The van der Waals surface area contributed by atoms with Crippen molar-refractivity contribution < 1.29 is 9.90 Å². The number of azide groups is 1. The van der Waals surface area contributed by atoms with Crippen molar-refractivity contribution >= 4 is 5.91 Å². The summed E-state index contributed by atoms with van der Waals surface area (Å²) >= 11 is 0. The van der Waals surface area contributed by atoms with Crippen molar-refractivity contribution in [2.75, 3.05) is 6.54 Å². The van der Waals surface area contributed by atoms with E-state index in [2.05, 4.69) is 15.3 Å². The molecule has 0 spiro atoms. The molecule has 1 saturated carbocycles. The Kier molecular flexibility index (Phi) is 6.43. The lowest BCUT2D eigenvalue weighted by Crippen LogP contribution is -2.44. The summed E-state index contributed by atoms with van der Waals surface area (Å²) in [6.07, 6.45) is 5.24. The van der Waals surface area contributed by atoms with Gasteiger partial charge in [0.25, 0.3) is 0 Å². The third-order valence-electron chi connectivity index (χ3n) is 3.05. The number of rotatable bonds is 6. The first-order valence-corrected chi connectivity index (χ1v) is 6.22. The number of hydrogen-bond acceptors (Lipinski definition) is 3. The van der Waals surface area contributed by atoms with Gasteiger partial charge in [-0.25, -0.2) is 0 Å². The number of amides is 1. The number of carbonyl (C=O) groups is 1. The molecule has 0 aromatic rings. The van der Waals surface area contributed by atoms with Crippen molar-refractivity contribution in [2.24, 2.45) is 5.11 Å². The first-order chi connectivity index (χ1) is 8.24. The van der Waals surface area contributed by atoms with Crippen LogP contribution in [0.4, 0.5) is 0 Å². The highest BCUT2D eigenvalue weighted by Crippen LogP contribution is 2.18. The molecule has 0 unspecified atom stereocenters. The molecule has 6 nitrogen and oxygen atoms in total. The first-order valence-electron chi connectivity index (χ1n) is 6.22. The molecule has 1 rings (SSSR count). The Morgan fingerprint density at radius 1 is 1.41 bits per heavy atom. The van der Waals surface area contributed by atoms with E-state index in [1.165, 1.54) is 0 Å². The molecule has 6 heteroatoms. The quantitative estimate of drug-likeness (QED) is 0.321. The van der Waals surface area contributed by atoms with E-state index in [4.69, 9.17) is 5.53 Å². The van der Waals surface area contributed by atoms with Crippen LogP contribution >= 0.6 is 0 Å². The number of unbranched alkanes of at least 4 members (excludes halogenated alkanes) is 1. The molecule has 96 valence electrons. The second-order valence-electron chi connectivity index (χ2n) is 4.44. The summed E-state index contributed by atoms with van der Waals surface area (Å²) in [4.78, 5) is 14.2. The van der Waals surface area contributed by atoms with Crippen LogP contribution in [0.3, 0.4) is 0 Å². The largest absolute Gasteiger partial charge is 0.391 e. The Bertz CT molecular complexity index is 289. The number of aliphatic hydroxyl groups excluding tert-OH is 1. The van der Waals surface area contributed by atoms with Gasteiger partial charge in [0.15, 0.2) is 0 Å². The van der Waals surface area contributed by atoms with Gasteiger partial charge >= 0.3 is 0 Å². The van der Waals surface area contributed by atoms with Crippen LogP contribution < -0.4 is 5.32 Å². The summed E-state index contributed by atoms with van der Waals surface area (Å²) in [6, 6.07) is -0.0756. The molecule has 17 heavy (non-hydrogen) atoms. The zero-order chi connectivity index (χ0) is 12.5. The molecular weight excluding hydrogens is 220 g/mol. The van der Waals surface area contributed by atoms with Gasteiger partial charge in [-0.2, -0.15) is 0 Å². The van der Waals surface area contributed by atoms with E-state index in [1.807, 2.05) is 0 Å². The number of hydrogen-bond donors (Lipinski definition) is 2. The van der Waals surface area contributed by atoms with Crippen LogP contribution in [0.15, 0.2) is 5.11 Å². The summed E-state index contributed by atoms with van der Waals surface area (Å²) in [6.45, 7) is 0.440. The smallest absolute Gasteiger partial charge is 0.220 e. The van der Waals surface area contributed by atoms with E-state index in [0.29, 0.717) is 19.4 Å². The number of carbonyl (C=O) groups excluding carboxylic acids is 1. The highest BCUT2D eigenvalue weighted by atomic mass is 16.3. The van der Waals surface area contributed by atoms with Gasteiger partial charge in [0.05, 0.1) is 12.1 Å². The van der Waals surface area contributed by atoms with Crippen LogP contribution in [0.5, 0.6) is 0 Å². The average molecular weight is 240 g/mol. The van der Waals surface area contributed by atoms with E-state index in [-0.39, 0.29) is 11.9 Å². The van der Waals surface area contributed by atoms with Gasteiger partial charge in [-0.1, -0.05) is 18.0 Å². The molecule has 0 aromatic heterocycles. The second kappa shape index (κ2) is 7.92. The predicted molar refractivity (Wildman–Crippen MR) is 64.3 cm³/mol. The average Bonchev–Trinajstić information content (AvgIpc) is 2.32. The monoisotopic (exact) mass is 240 g/mol. The maximum absolute atomic E-state index is 11.6. The van der Waals surface area contributed by atoms with Crippen molar-refractivity contribution in [1.82, 2.24) is 5.32 Å². The molecule has 1 aliphatic carbocycles. The van der Waals surface area contributed by atoms with Crippen LogP contribution in [0, 0.1) is 0 Å². The van der Waals surface area contributed by atoms with Crippen LogP contribution in [-0.2, 0) is 4.79 Å². The van der Waals surface area contributed by atoms with E-state index < -0.39 is 6.10 Å². The van der Waals surface area contributed by atoms with Crippen molar-refractivity contribution in [1.29, 1.82) is 0 Å². The summed E-state index contributed by atoms with van der Waals surface area (Å²) in [5, 5.41) is 16.0. The van der Waals surface area contributed by atoms with Gasteiger partial charge < -0.3 is 10.4 Å². The molecule has 2 atom stereocenters. The zero-order valence-corrected chi connectivity index (χ0v) is 10.0. The van der Waals surface area contributed by atoms with Gasteiger partial charge in [-0.3, -0.25) is 4.79 Å². The second-order valence-corrected chi connectivity index (χ2v) is 4.44. The molecule has 1 aliphatic rings. The minimum absolute atomic E-state index is 0.0168. The Hall–Kier alpha value is -1.26. The fourth-order valence-corrected chi connectivity index (χ4v) is 2.07. The van der Waals surface area contributed by atoms with E-state index >= 15 is 0 Å². The summed E-state index contributed by atoms with van der Waals surface area (Å²) in [5.41, 5.74) is 8.07. The Morgan fingerprint density at radius 2 is 2.18 bits per heavy atom. The molecule has 2 N–H and O–H groups in total. The van der Waals surface area contributed by atoms with Crippen molar-refractivity contribution in [3.63, 3.8) is 0 Å². The number of nitrogens with zero attached hydrogens (tertiary/aromatic N) is 3. The highest BCUT2D eigenvalue weighted by molar-refractivity contribution is 5.76. The van der Waals surface area contributed by atoms with Crippen LogP contribution in [0.25, 0.3) is 10.4 Å². The summed E-state index contributed by atoms with van der Waals surface area (Å²) in [7, 11) is 0. The Labute approximate surface area is 101 Å². The Morgan fingerprint density at radius 3 is 2.88 bits per heavy atom. The maximum atomic E-state index is 11.6. The van der Waals surface area contributed by atoms with Crippen LogP contribution in [0.1, 0.15) is 44.9 Å². The Balaban J connectivity index is 2.13. The fraction of sp³-hybridized carbons (Fsp3) is 0.909. The molecule has 0 bridgehead atoms. The van der Waals surface area contributed by atoms with Gasteiger partial charge in [-0.15, -0.1) is 0 Å².